The summed E-state index contributed by atoms with van der Waals surface area (Å²) in [6.07, 6.45) is 11.0. The number of nitrogens with one attached hydrogen (secondary N) is 1. The van der Waals surface area contributed by atoms with Crippen molar-refractivity contribution < 1.29 is 4.79 Å². The molecule has 0 saturated carbocycles. The maximum absolute atomic E-state index is 11.6. The first kappa shape index (κ1) is 9.65. The highest BCUT2D eigenvalue weighted by atomic mass is 16.1. The number of carbonyl (C=O) groups excluding carboxylic acids is 1. The predicted octanol–water partition coefficient (Wildman–Crippen LogP) is 1.44. The molecule has 3 heteroatoms. The van der Waals surface area contributed by atoms with Gasteiger partial charge in [-0.1, -0.05) is 30.4 Å². The Hall–Kier alpha value is -1.90. The third kappa shape index (κ3) is 2.53. The van der Waals surface area contributed by atoms with Crippen molar-refractivity contribution in [3.63, 3.8) is 0 Å². The van der Waals surface area contributed by atoms with Gasteiger partial charge in [-0.25, -0.2) is 0 Å². The summed E-state index contributed by atoms with van der Waals surface area (Å²) >= 11 is 0. The van der Waals surface area contributed by atoms with E-state index in [4.69, 9.17) is 0 Å². The third-order valence-corrected chi connectivity index (χ3v) is 2.24. The van der Waals surface area contributed by atoms with Crippen molar-refractivity contribution >= 4 is 5.91 Å². The van der Waals surface area contributed by atoms with E-state index < -0.39 is 0 Å². The van der Waals surface area contributed by atoms with Gasteiger partial charge >= 0.3 is 0 Å². The lowest BCUT2D eigenvalue weighted by Crippen LogP contribution is -2.27. The normalized spacial score (nSPS) is 14.4. The molecule has 15 heavy (non-hydrogen) atoms. The zero-order valence-corrected chi connectivity index (χ0v) is 8.26. The summed E-state index contributed by atoms with van der Waals surface area (Å²) in [6, 6.07) is 3.80. The van der Waals surface area contributed by atoms with Gasteiger partial charge in [0.2, 0.25) is 5.91 Å². The van der Waals surface area contributed by atoms with Crippen molar-refractivity contribution in [3.8, 4) is 0 Å². The Bertz CT molecular complexity index is 383. The molecule has 2 rings (SSSR count). The van der Waals surface area contributed by atoms with Gasteiger partial charge in [-0.15, -0.1) is 0 Å². The largest absolute Gasteiger partial charge is 0.351 e. The Morgan fingerprint density at radius 2 is 2.20 bits per heavy atom. The van der Waals surface area contributed by atoms with E-state index in [1.54, 1.807) is 12.4 Å². The van der Waals surface area contributed by atoms with E-state index in [2.05, 4.69) is 10.3 Å². The molecule has 0 spiro atoms. The van der Waals surface area contributed by atoms with E-state index in [1.807, 2.05) is 36.4 Å². The lowest BCUT2D eigenvalue weighted by Gasteiger charge is -2.07. The Labute approximate surface area is 88.5 Å². The third-order valence-electron chi connectivity index (χ3n) is 2.24. The van der Waals surface area contributed by atoms with Crippen LogP contribution in [0.15, 0.2) is 48.8 Å². The van der Waals surface area contributed by atoms with Crippen molar-refractivity contribution in [2.75, 3.05) is 0 Å². The summed E-state index contributed by atoms with van der Waals surface area (Å²) in [5.41, 5.74) is 1.01. The minimum Gasteiger partial charge on any atom is -0.351 e. The number of amides is 1. The smallest absolute Gasteiger partial charge is 0.231 e. The summed E-state index contributed by atoms with van der Waals surface area (Å²) in [7, 11) is 0. The fourth-order valence-corrected chi connectivity index (χ4v) is 1.42. The number of allylic oxidation sites excluding steroid dienone is 2. The molecule has 0 unspecified atom stereocenters. The first-order valence-electron chi connectivity index (χ1n) is 4.88. The van der Waals surface area contributed by atoms with E-state index in [0.717, 1.165) is 5.56 Å². The van der Waals surface area contributed by atoms with Crippen LogP contribution in [0.2, 0.25) is 0 Å². The number of hydrogen-bond donors (Lipinski definition) is 1. The molecule has 3 nitrogen and oxygen atoms in total. The number of rotatable bonds is 3. The zero-order chi connectivity index (χ0) is 10.5. The van der Waals surface area contributed by atoms with Gasteiger partial charge in [-0.2, -0.15) is 0 Å². The molecule has 0 radical (unpaired) electrons. The molecule has 0 atom stereocenters. The van der Waals surface area contributed by atoms with Crippen LogP contribution in [0.3, 0.4) is 0 Å². The number of hydrogen-bond acceptors (Lipinski definition) is 2. The van der Waals surface area contributed by atoms with Crippen LogP contribution in [-0.2, 0) is 11.3 Å². The van der Waals surface area contributed by atoms with Crippen LogP contribution in [0.5, 0.6) is 0 Å². The van der Waals surface area contributed by atoms with Gasteiger partial charge in [0.15, 0.2) is 0 Å². The van der Waals surface area contributed by atoms with Crippen LogP contribution < -0.4 is 5.32 Å². The summed E-state index contributed by atoms with van der Waals surface area (Å²) < 4.78 is 0. The summed E-state index contributed by atoms with van der Waals surface area (Å²) in [4.78, 5) is 15.6. The topological polar surface area (TPSA) is 42.0 Å². The molecule has 1 aromatic heterocycles. The van der Waals surface area contributed by atoms with Crippen molar-refractivity contribution in [2.24, 2.45) is 5.92 Å². The fourth-order valence-electron chi connectivity index (χ4n) is 1.42. The first-order chi connectivity index (χ1) is 7.36. The number of nitrogens with zero attached hydrogens (tertiary/aromatic N) is 1. The fraction of sp³-hybridized carbons (Fsp3) is 0.167. The van der Waals surface area contributed by atoms with Crippen LogP contribution in [0.4, 0.5) is 0 Å². The van der Waals surface area contributed by atoms with Gasteiger partial charge in [0.1, 0.15) is 0 Å². The molecule has 1 aromatic rings. The van der Waals surface area contributed by atoms with Crippen molar-refractivity contribution in [1.82, 2.24) is 10.3 Å². The van der Waals surface area contributed by atoms with E-state index in [9.17, 15) is 4.79 Å². The van der Waals surface area contributed by atoms with Gasteiger partial charge in [-0.3, -0.25) is 9.78 Å². The number of aromatic nitrogens is 1. The molecule has 0 fully saturated rings. The Kier molecular flexibility index (Phi) is 2.93. The van der Waals surface area contributed by atoms with Crippen LogP contribution in [0.1, 0.15) is 5.56 Å². The molecule has 0 bridgehead atoms. The van der Waals surface area contributed by atoms with Crippen LogP contribution in [0, 0.1) is 5.92 Å². The molecule has 1 amide bonds. The van der Waals surface area contributed by atoms with Gasteiger partial charge in [-0.05, 0) is 11.6 Å². The van der Waals surface area contributed by atoms with E-state index in [-0.39, 0.29) is 11.8 Å². The Balaban J connectivity index is 1.86. The molecule has 1 heterocycles. The van der Waals surface area contributed by atoms with Crippen LogP contribution >= 0.6 is 0 Å². The molecule has 0 saturated heterocycles. The molecule has 1 N–H and O–H groups in total. The molecule has 76 valence electrons. The molecule has 1 aliphatic rings. The van der Waals surface area contributed by atoms with E-state index in [1.165, 1.54) is 0 Å². The second kappa shape index (κ2) is 4.55. The summed E-state index contributed by atoms with van der Waals surface area (Å²) in [5, 5.41) is 2.86. The monoisotopic (exact) mass is 200 g/mol. The minimum absolute atomic E-state index is 0.0313. The SMILES string of the molecule is O=C(NCc1cccnc1)C1C=CC=C1. The molecule has 0 aliphatic heterocycles. The average molecular weight is 200 g/mol. The van der Waals surface area contributed by atoms with Crippen molar-refractivity contribution in [1.29, 1.82) is 0 Å². The molecular weight excluding hydrogens is 188 g/mol. The van der Waals surface area contributed by atoms with Gasteiger partial charge in [0, 0.05) is 18.9 Å². The quantitative estimate of drug-likeness (QED) is 0.802. The highest BCUT2D eigenvalue weighted by Gasteiger charge is 2.13. The average Bonchev–Trinajstić information content (AvgIpc) is 2.81. The maximum atomic E-state index is 11.6. The molecule has 0 aromatic carbocycles. The van der Waals surface area contributed by atoms with Crippen LogP contribution in [-0.4, -0.2) is 10.9 Å². The number of pyridine rings is 1. The zero-order valence-electron chi connectivity index (χ0n) is 8.26. The minimum atomic E-state index is -0.110. The van der Waals surface area contributed by atoms with E-state index >= 15 is 0 Å². The summed E-state index contributed by atoms with van der Waals surface area (Å²) in [6.45, 7) is 0.533. The van der Waals surface area contributed by atoms with Gasteiger partial charge < -0.3 is 5.32 Å². The first-order valence-corrected chi connectivity index (χ1v) is 4.88. The lowest BCUT2D eigenvalue weighted by atomic mass is 10.1. The Morgan fingerprint density at radius 3 is 2.87 bits per heavy atom. The second-order valence-electron chi connectivity index (χ2n) is 3.37. The predicted molar refractivity (Wildman–Crippen MR) is 57.9 cm³/mol. The Morgan fingerprint density at radius 1 is 1.40 bits per heavy atom. The standard InChI is InChI=1S/C12H12N2O/c15-12(11-5-1-2-6-11)14-9-10-4-3-7-13-8-10/h1-8,11H,9H2,(H,14,15). The van der Waals surface area contributed by atoms with E-state index in [0.29, 0.717) is 6.54 Å². The lowest BCUT2D eigenvalue weighted by molar-refractivity contribution is -0.122. The molecule has 1 aliphatic carbocycles. The van der Waals surface area contributed by atoms with Gasteiger partial charge in [0.05, 0.1) is 5.92 Å². The van der Waals surface area contributed by atoms with Crippen molar-refractivity contribution in [3.05, 3.63) is 54.4 Å². The summed E-state index contributed by atoms with van der Waals surface area (Å²) in [5.74, 6) is -0.0782. The number of carbonyl (C=O) groups is 1. The second-order valence-corrected chi connectivity index (χ2v) is 3.37. The highest BCUT2D eigenvalue weighted by Crippen LogP contribution is 2.08. The molecular formula is C12H12N2O. The highest BCUT2D eigenvalue weighted by molar-refractivity contribution is 5.83. The van der Waals surface area contributed by atoms with Gasteiger partial charge in [0.25, 0.3) is 0 Å². The van der Waals surface area contributed by atoms with Crippen molar-refractivity contribution in [2.45, 2.75) is 6.54 Å². The van der Waals surface area contributed by atoms with Crippen LogP contribution in [0.25, 0.3) is 0 Å². The maximum Gasteiger partial charge on any atom is 0.231 e.